The molecule has 26 heavy (non-hydrogen) atoms. The summed E-state index contributed by atoms with van der Waals surface area (Å²) in [5, 5.41) is 6.46. The molecule has 2 unspecified atom stereocenters. The maximum absolute atomic E-state index is 12.6. The molecule has 3 rings (SSSR count). The van der Waals surface area contributed by atoms with Crippen LogP contribution in [0.4, 0.5) is 5.69 Å². The van der Waals surface area contributed by atoms with Crippen LogP contribution in [0, 0.1) is 5.92 Å². The van der Waals surface area contributed by atoms with Gasteiger partial charge < -0.3 is 24.8 Å². The van der Waals surface area contributed by atoms with Crippen molar-refractivity contribution in [3.63, 3.8) is 0 Å². The monoisotopic (exact) mass is 362 g/mol. The normalized spacial score (nSPS) is 24.0. The zero-order chi connectivity index (χ0) is 18.7. The minimum Gasteiger partial charge on any atom is -0.493 e. The highest BCUT2D eigenvalue weighted by molar-refractivity contribution is 5.97. The first-order valence-electron chi connectivity index (χ1n) is 8.94. The molecule has 2 atom stereocenters. The highest BCUT2D eigenvalue weighted by Crippen LogP contribution is 2.38. The predicted octanol–water partition coefficient (Wildman–Crippen LogP) is 2.35. The van der Waals surface area contributed by atoms with Gasteiger partial charge in [0, 0.05) is 18.5 Å². The number of anilines is 1. The van der Waals surface area contributed by atoms with E-state index in [4.69, 9.17) is 14.2 Å². The zero-order valence-corrected chi connectivity index (χ0v) is 15.5. The molecule has 0 radical (unpaired) electrons. The van der Waals surface area contributed by atoms with Crippen molar-refractivity contribution in [2.45, 2.75) is 44.2 Å². The number of piperidine rings is 1. The van der Waals surface area contributed by atoms with Crippen LogP contribution < -0.4 is 20.1 Å². The molecule has 7 nitrogen and oxygen atoms in total. The van der Waals surface area contributed by atoms with E-state index in [1.165, 1.54) is 40.2 Å². The zero-order valence-electron chi connectivity index (χ0n) is 15.5. The van der Waals surface area contributed by atoms with Gasteiger partial charge in [-0.2, -0.15) is 0 Å². The molecular weight excluding hydrogens is 336 g/mol. The summed E-state index contributed by atoms with van der Waals surface area (Å²) in [7, 11) is 4.29. The summed E-state index contributed by atoms with van der Waals surface area (Å²) >= 11 is 0. The van der Waals surface area contributed by atoms with Gasteiger partial charge in [0.25, 0.3) is 0 Å². The average molecular weight is 362 g/mol. The van der Waals surface area contributed by atoms with E-state index < -0.39 is 5.97 Å². The van der Waals surface area contributed by atoms with Crippen LogP contribution in [0.1, 0.15) is 42.5 Å². The summed E-state index contributed by atoms with van der Waals surface area (Å²) in [6.07, 6.45) is 4.94. The van der Waals surface area contributed by atoms with Crippen LogP contribution in [0.2, 0.25) is 0 Å². The molecule has 2 aliphatic rings. The summed E-state index contributed by atoms with van der Waals surface area (Å²) in [6.45, 7) is 0. The Kier molecular flexibility index (Phi) is 5.66. The first-order chi connectivity index (χ1) is 12.5. The molecule has 142 valence electrons. The summed E-state index contributed by atoms with van der Waals surface area (Å²) < 4.78 is 15.4. The Morgan fingerprint density at radius 2 is 1.81 bits per heavy atom. The number of carbonyl (C=O) groups is 2. The second-order valence-corrected chi connectivity index (χ2v) is 6.98. The van der Waals surface area contributed by atoms with Gasteiger partial charge in [-0.1, -0.05) is 0 Å². The Morgan fingerprint density at radius 3 is 2.38 bits per heavy atom. The van der Waals surface area contributed by atoms with Gasteiger partial charge in [0.05, 0.1) is 32.6 Å². The lowest BCUT2D eigenvalue weighted by atomic mass is 9.89. The second-order valence-electron chi connectivity index (χ2n) is 6.98. The molecule has 2 fully saturated rings. The number of ether oxygens (including phenoxy) is 3. The van der Waals surface area contributed by atoms with E-state index in [2.05, 4.69) is 10.6 Å². The van der Waals surface area contributed by atoms with E-state index in [1.807, 2.05) is 0 Å². The average Bonchev–Trinajstić information content (AvgIpc) is 2.98. The molecule has 1 aromatic rings. The summed E-state index contributed by atoms with van der Waals surface area (Å²) in [4.78, 5) is 24.5. The van der Waals surface area contributed by atoms with Gasteiger partial charge in [0.1, 0.15) is 0 Å². The molecule has 2 N–H and O–H groups in total. The number of benzene rings is 1. The molecule has 0 aromatic heterocycles. The van der Waals surface area contributed by atoms with Crippen LogP contribution >= 0.6 is 0 Å². The van der Waals surface area contributed by atoms with Crippen molar-refractivity contribution in [2.75, 3.05) is 26.6 Å². The Morgan fingerprint density at radius 1 is 1.12 bits per heavy atom. The maximum atomic E-state index is 12.6. The standard InChI is InChI=1S/C19H26N2O5/c1-24-16-10-12(19(23)26-3)9-15(18(16)25-2)21-17(22)8-11-6-13-4-5-14(7-11)20-13/h9-11,13-14,20H,4-8H2,1-3H3,(H,21,22). The van der Waals surface area contributed by atoms with Crippen LogP contribution in [-0.2, 0) is 9.53 Å². The Balaban J connectivity index is 1.74. The molecule has 0 aliphatic carbocycles. The molecule has 1 aromatic carbocycles. The number of amides is 1. The van der Waals surface area contributed by atoms with Crippen molar-refractivity contribution in [1.29, 1.82) is 0 Å². The van der Waals surface area contributed by atoms with Crippen molar-refractivity contribution >= 4 is 17.6 Å². The molecule has 2 aliphatic heterocycles. The van der Waals surface area contributed by atoms with Crippen molar-refractivity contribution in [2.24, 2.45) is 5.92 Å². The van der Waals surface area contributed by atoms with Gasteiger partial charge in [-0.15, -0.1) is 0 Å². The fourth-order valence-corrected chi connectivity index (χ4v) is 4.10. The molecule has 0 saturated carbocycles. The van der Waals surface area contributed by atoms with Gasteiger partial charge in [-0.3, -0.25) is 4.79 Å². The number of methoxy groups -OCH3 is 3. The van der Waals surface area contributed by atoms with Crippen molar-refractivity contribution in [3.05, 3.63) is 17.7 Å². The first kappa shape index (κ1) is 18.5. The molecule has 7 heteroatoms. The molecular formula is C19H26N2O5. The molecule has 1 amide bonds. The second kappa shape index (κ2) is 7.95. The lowest BCUT2D eigenvalue weighted by Crippen LogP contribution is -2.39. The minimum atomic E-state index is -0.503. The largest absolute Gasteiger partial charge is 0.493 e. The van der Waals surface area contributed by atoms with Gasteiger partial charge in [0.15, 0.2) is 11.5 Å². The van der Waals surface area contributed by atoms with E-state index in [-0.39, 0.29) is 5.91 Å². The predicted molar refractivity (Wildman–Crippen MR) is 96.8 cm³/mol. The highest BCUT2D eigenvalue weighted by Gasteiger charge is 2.34. The van der Waals surface area contributed by atoms with E-state index >= 15 is 0 Å². The summed E-state index contributed by atoms with van der Waals surface area (Å²) in [6, 6.07) is 4.18. The van der Waals surface area contributed by atoms with Gasteiger partial charge in [0.2, 0.25) is 5.91 Å². The van der Waals surface area contributed by atoms with Crippen LogP contribution in [0.25, 0.3) is 0 Å². The van der Waals surface area contributed by atoms with Crippen LogP contribution in [0.3, 0.4) is 0 Å². The fraction of sp³-hybridized carbons (Fsp3) is 0.579. The number of fused-ring (bicyclic) bond motifs is 2. The van der Waals surface area contributed by atoms with Crippen molar-refractivity contribution in [1.82, 2.24) is 5.32 Å². The van der Waals surface area contributed by atoms with E-state index in [0.717, 1.165) is 12.8 Å². The number of hydrogen-bond donors (Lipinski definition) is 2. The van der Waals surface area contributed by atoms with Crippen LogP contribution in [0.15, 0.2) is 12.1 Å². The third-order valence-electron chi connectivity index (χ3n) is 5.22. The van der Waals surface area contributed by atoms with Crippen molar-refractivity contribution in [3.8, 4) is 11.5 Å². The molecule has 2 heterocycles. The quantitative estimate of drug-likeness (QED) is 0.756. The number of rotatable bonds is 6. The lowest BCUT2D eigenvalue weighted by Gasteiger charge is -2.28. The topological polar surface area (TPSA) is 85.9 Å². The number of nitrogens with one attached hydrogen (secondary N) is 2. The van der Waals surface area contributed by atoms with E-state index in [9.17, 15) is 9.59 Å². The highest BCUT2D eigenvalue weighted by atomic mass is 16.5. The molecule has 2 bridgehead atoms. The Bertz CT molecular complexity index is 679. The van der Waals surface area contributed by atoms with Crippen molar-refractivity contribution < 1.29 is 23.8 Å². The van der Waals surface area contributed by atoms with Gasteiger partial charge >= 0.3 is 5.97 Å². The number of carbonyl (C=O) groups excluding carboxylic acids is 2. The Hall–Kier alpha value is -2.28. The van der Waals surface area contributed by atoms with E-state index in [0.29, 0.717) is 47.2 Å². The third-order valence-corrected chi connectivity index (χ3v) is 5.22. The van der Waals surface area contributed by atoms with Gasteiger partial charge in [-0.25, -0.2) is 4.79 Å². The molecule has 0 spiro atoms. The molecule has 2 saturated heterocycles. The SMILES string of the molecule is COC(=O)c1cc(NC(=O)CC2CC3CCC(C2)N3)c(OC)c(OC)c1. The summed E-state index contributed by atoms with van der Waals surface area (Å²) in [5.41, 5.74) is 0.703. The minimum absolute atomic E-state index is 0.0846. The van der Waals surface area contributed by atoms with Gasteiger partial charge in [-0.05, 0) is 43.7 Å². The number of esters is 1. The number of hydrogen-bond acceptors (Lipinski definition) is 6. The smallest absolute Gasteiger partial charge is 0.338 e. The van der Waals surface area contributed by atoms with Crippen LogP contribution in [-0.4, -0.2) is 45.3 Å². The Labute approximate surface area is 153 Å². The summed E-state index contributed by atoms with van der Waals surface area (Å²) in [5.74, 6) is 0.546. The fourth-order valence-electron chi connectivity index (χ4n) is 4.10. The lowest BCUT2D eigenvalue weighted by molar-refractivity contribution is -0.117. The first-order valence-corrected chi connectivity index (χ1v) is 8.94. The maximum Gasteiger partial charge on any atom is 0.338 e. The van der Waals surface area contributed by atoms with E-state index in [1.54, 1.807) is 6.07 Å². The third kappa shape index (κ3) is 3.93. The van der Waals surface area contributed by atoms with Crippen LogP contribution in [0.5, 0.6) is 11.5 Å².